The molecular weight excluding hydrogens is 382 g/mol. The van der Waals surface area contributed by atoms with Gasteiger partial charge < -0.3 is 10.1 Å². The van der Waals surface area contributed by atoms with E-state index in [-0.39, 0.29) is 18.0 Å². The lowest BCUT2D eigenvalue weighted by Crippen LogP contribution is -2.37. The molecule has 0 spiro atoms. The van der Waals surface area contributed by atoms with Crippen LogP contribution in [0.1, 0.15) is 44.0 Å². The van der Waals surface area contributed by atoms with Crippen LogP contribution in [0, 0.1) is 5.92 Å². The van der Waals surface area contributed by atoms with Crippen LogP contribution in [-0.4, -0.2) is 29.6 Å². The molecule has 1 rings (SSSR count). The van der Waals surface area contributed by atoms with Gasteiger partial charge in [0.15, 0.2) is 6.61 Å². The Morgan fingerprint density at radius 2 is 1.81 bits per heavy atom. The number of nitrogens with zero attached hydrogens (tertiary/aromatic N) is 1. The molecule has 1 amide bonds. The van der Waals surface area contributed by atoms with Gasteiger partial charge in [-0.1, -0.05) is 20.3 Å². The molecule has 0 aliphatic carbocycles. The number of hydrogen-bond acceptors (Lipinski definition) is 4. The number of halogens is 6. The summed E-state index contributed by atoms with van der Waals surface area (Å²) in [4.78, 5) is 26.8. The van der Waals surface area contributed by atoms with Crippen molar-refractivity contribution in [2.24, 2.45) is 5.92 Å². The van der Waals surface area contributed by atoms with Crippen LogP contribution >= 0.6 is 0 Å². The van der Waals surface area contributed by atoms with Gasteiger partial charge >= 0.3 is 24.2 Å². The number of esters is 1. The van der Waals surface area contributed by atoms with E-state index in [9.17, 15) is 35.9 Å². The van der Waals surface area contributed by atoms with Crippen LogP contribution in [0.15, 0.2) is 18.3 Å². The zero-order valence-electron chi connectivity index (χ0n) is 14.4. The first-order valence-electron chi connectivity index (χ1n) is 7.91. The maximum absolute atomic E-state index is 12.6. The minimum atomic E-state index is -4.79. The summed E-state index contributed by atoms with van der Waals surface area (Å²) in [5.41, 5.74) is -0.954. The highest BCUT2D eigenvalue weighted by atomic mass is 19.4. The van der Waals surface area contributed by atoms with Crippen molar-refractivity contribution in [3.63, 3.8) is 0 Å². The fourth-order valence-electron chi connectivity index (χ4n) is 2.03. The number of alkyl halides is 6. The van der Waals surface area contributed by atoms with E-state index >= 15 is 0 Å². The Morgan fingerprint density at radius 3 is 2.26 bits per heavy atom. The second kappa shape index (κ2) is 9.05. The molecule has 0 fully saturated rings. The van der Waals surface area contributed by atoms with Crippen molar-refractivity contribution < 1.29 is 40.7 Å². The van der Waals surface area contributed by atoms with E-state index in [1.165, 1.54) is 0 Å². The zero-order chi connectivity index (χ0) is 20.8. The van der Waals surface area contributed by atoms with Crippen molar-refractivity contribution in [1.29, 1.82) is 0 Å². The summed E-state index contributed by atoms with van der Waals surface area (Å²) in [5.74, 6) is -3.19. The van der Waals surface area contributed by atoms with E-state index in [1.807, 2.05) is 6.92 Å². The molecule has 0 saturated heterocycles. The lowest BCUT2D eigenvalue weighted by molar-refractivity contribution is -0.187. The van der Waals surface area contributed by atoms with Gasteiger partial charge in [-0.2, -0.15) is 26.3 Å². The van der Waals surface area contributed by atoms with Gasteiger partial charge in [-0.05, 0) is 24.5 Å². The summed E-state index contributed by atoms with van der Waals surface area (Å²) < 4.78 is 77.9. The first-order valence-corrected chi connectivity index (χ1v) is 7.91. The second-order valence-electron chi connectivity index (χ2n) is 5.94. The molecule has 27 heavy (non-hydrogen) atoms. The molecule has 1 heterocycles. The number of amides is 1. The molecule has 152 valence electrons. The molecule has 2 atom stereocenters. The molecular formula is C16H18F6N2O3. The van der Waals surface area contributed by atoms with E-state index in [4.69, 9.17) is 0 Å². The van der Waals surface area contributed by atoms with Crippen LogP contribution in [0.5, 0.6) is 0 Å². The third kappa shape index (κ3) is 7.83. The van der Waals surface area contributed by atoms with Gasteiger partial charge in [0.2, 0.25) is 0 Å². The Kier molecular flexibility index (Phi) is 7.61. The average molecular weight is 400 g/mol. The highest BCUT2D eigenvalue weighted by molar-refractivity contribution is 6.32. The number of aromatic nitrogens is 1. The summed E-state index contributed by atoms with van der Waals surface area (Å²) >= 11 is 0. The van der Waals surface area contributed by atoms with Crippen molar-refractivity contribution in [2.75, 3.05) is 6.61 Å². The fourth-order valence-corrected chi connectivity index (χ4v) is 2.03. The van der Waals surface area contributed by atoms with Gasteiger partial charge in [-0.15, -0.1) is 0 Å². The van der Waals surface area contributed by atoms with E-state index in [0.717, 1.165) is 12.1 Å². The van der Waals surface area contributed by atoms with Crippen LogP contribution in [0.4, 0.5) is 26.3 Å². The molecule has 0 aliphatic rings. The SMILES string of the molecule is CC[C@H](C)C[C@H](NC(=O)C(=O)OCC(F)(F)F)c1ccc(C(F)(F)F)cn1. The van der Waals surface area contributed by atoms with Gasteiger partial charge in [-0.25, -0.2) is 4.79 Å². The largest absolute Gasteiger partial charge is 0.449 e. The van der Waals surface area contributed by atoms with E-state index < -0.39 is 42.4 Å². The van der Waals surface area contributed by atoms with Crippen LogP contribution in [-0.2, 0) is 20.5 Å². The van der Waals surface area contributed by atoms with Gasteiger partial charge in [-0.3, -0.25) is 9.78 Å². The molecule has 0 saturated carbocycles. The predicted molar refractivity (Wildman–Crippen MR) is 81.2 cm³/mol. The second-order valence-corrected chi connectivity index (χ2v) is 5.94. The lowest BCUT2D eigenvalue weighted by atomic mass is 9.96. The molecule has 1 N–H and O–H groups in total. The average Bonchev–Trinajstić information content (AvgIpc) is 2.57. The number of carbonyl (C=O) groups excluding carboxylic acids is 2. The summed E-state index contributed by atoms with van der Waals surface area (Å²) in [6.07, 6.45) is -7.94. The quantitative estimate of drug-likeness (QED) is 0.448. The van der Waals surface area contributed by atoms with Gasteiger partial charge in [0.1, 0.15) is 0 Å². The standard InChI is InChI=1S/C16H18F6N2O3/c1-3-9(2)6-12(11-5-4-10(7-23-11)16(20,21)22)24-13(25)14(26)27-8-15(17,18)19/h4-5,7,9,12H,3,6,8H2,1-2H3,(H,24,25)/t9-,12-/m0/s1. The number of rotatable bonds is 6. The number of ether oxygens (including phenoxy) is 1. The minimum absolute atomic E-state index is 0.00871. The zero-order valence-corrected chi connectivity index (χ0v) is 14.4. The van der Waals surface area contributed by atoms with E-state index in [2.05, 4.69) is 15.0 Å². The number of nitrogens with one attached hydrogen (secondary N) is 1. The van der Waals surface area contributed by atoms with Crippen molar-refractivity contribution >= 4 is 11.9 Å². The normalized spacial score (nSPS) is 14.4. The van der Waals surface area contributed by atoms with Gasteiger partial charge in [0, 0.05) is 6.20 Å². The molecule has 1 aromatic rings. The first-order chi connectivity index (χ1) is 12.3. The number of carbonyl (C=O) groups is 2. The summed E-state index contributed by atoms with van der Waals surface area (Å²) in [5, 5.41) is 2.17. The van der Waals surface area contributed by atoms with Crippen molar-refractivity contribution in [2.45, 2.75) is 45.1 Å². The van der Waals surface area contributed by atoms with Crippen LogP contribution in [0.3, 0.4) is 0 Å². The molecule has 11 heteroatoms. The summed E-state index contributed by atoms with van der Waals surface area (Å²) in [7, 11) is 0. The Hall–Kier alpha value is -2.33. The number of pyridine rings is 1. The Morgan fingerprint density at radius 1 is 1.19 bits per heavy atom. The molecule has 0 bridgehead atoms. The van der Waals surface area contributed by atoms with Gasteiger partial charge in [0.05, 0.1) is 17.3 Å². The van der Waals surface area contributed by atoms with Crippen molar-refractivity contribution in [3.8, 4) is 0 Å². The summed E-state index contributed by atoms with van der Waals surface area (Å²) in [6, 6.07) is 0.838. The van der Waals surface area contributed by atoms with Gasteiger partial charge in [0.25, 0.3) is 0 Å². The maximum Gasteiger partial charge on any atom is 0.422 e. The van der Waals surface area contributed by atoms with E-state index in [1.54, 1.807) is 6.92 Å². The van der Waals surface area contributed by atoms with Crippen molar-refractivity contribution in [3.05, 3.63) is 29.6 Å². The Bertz CT molecular complexity index is 643. The summed E-state index contributed by atoms with van der Waals surface area (Å²) in [6.45, 7) is 1.71. The molecule has 5 nitrogen and oxygen atoms in total. The smallest absolute Gasteiger partial charge is 0.422 e. The van der Waals surface area contributed by atoms with Crippen LogP contribution in [0.2, 0.25) is 0 Å². The molecule has 1 aromatic heterocycles. The molecule has 0 unspecified atom stereocenters. The van der Waals surface area contributed by atoms with Crippen LogP contribution < -0.4 is 5.32 Å². The highest BCUT2D eigenvalue weighted by Crippen LogP contribution is 2.30. The number of hydrogen-bond donors (Lipinski definition) is 1. The first kappa shape index (κ1) is 22.7. The minimum Gasteiger partial charge on any atom is -0.449 e. The third-order valence-corrected chi connectivity index (χ3v) is 3.66. The van der Waals surface area contributed by atoms with E-state index in [0.29, 0.717) is 12.6 Å². The molecule has 0 radical (unpaired) electrons. The monoisotopic (exact) mass is 400 g/mol. The van der Waals surface area contributed by atoms with Crippen molar-refractivity contribution in [1.82, 2.24) is 10.3 Å². The third-order valence-electron chi connectivity index (χ3n) is 3.66. The highest BCUT2D eigenvalue weighted by Gasteiger charge is 2.33. The maximum atomic E-state index is 12.6. The van der Waals surface area contributed by atoms with Crippen LogP contribution in [0.25, 0.3) is 0 Å². The molecule has 0 aromatic carbocycles. The fraction of sp³-hybridized carbons (Fsp3) is 0.562. The molecule has 0 aliphatic heterocycles. The Labute approximate surface area is 151 Å². The predicted octanol–water partition coefficient (Wildman–Crippen LogP) is 3.80. The lowest BCUT2D eigenvalue weighted by Gasteiger charge is -2.21. The Balaban J connectivity index is 2.91. The topological polar surface area (TPSA) is 68.3 Å².